The zero-order valence-corrected chi connectivity index (χ0v) is 13.8. The Morgan fingerprint density at radius 3 is 2.78 bits per heavy atom. The highest BCUT2D eigenvalue weighted by molar-refractivity contribution is 5.78. The van der Waals surface area contributed by atoms with Crippen LogP contribution in [0.3, 0.4) is 0 Å². The zero-order chi connectivity index (χ0) is 16.1. The van der Waals surface area contributed by atoms with Gasteiger partial charge in [0.15, 0.2) is 0 Å². The Kier molecular flexibility index (Phi) is 4.92. The number of hydrogen-bond donors (Lipinski definition) is 0. The lowest BCUT2D eigenvalue weighted by atomic mass is 9.94. The van der Waals surface area contributed by atoms with Crippen LogP contribution in [0.15, 0.2) is 60.8 Å². The average molecular weight is 305 g/mol. The van der Waals surface area contributed by atoms with Crippen LogP contribution in [0.1, 0.15) is 36.8 Å². The van der Waals surface area contributed by atoms with Crippen molar-refractivity contribution >= 4 is 10.9 Å². The van der Waals surface area contributed by atoms with Crippen LogP contribution in [0.4, 0.5) is 0 Å². The normalized spacial score (nSPS) is 12.3. The summed E-state index contributed by atoms with van der Waals surface area (Å²) in [4.78, 5) is 4.54. The van der Waals surface area contributed by atoms with Crippen molar-refractivity contribution in [3.8, 4) is 5.75 Å². The topological polar surface area (TPSA) is 22.1 Å². The van der Waals surface area contributed by atoms with Gasteiger partial charge in [0.2, 0.25) is 0 Å². The number of benzene rings is 2. The molecule has 0 aliphatic carbocycles. The van der Waals surface area contributed by atoms with E-state index < -0.39 is 0 Å². The quantitative estimate of drug-likeness (QED) is 0.611. The predicted octanol–water partition coefficient (Wildman–Crippen LogP) is 5.37. The molecule has 0 aliphatic heterocycles. The number of para-hydroxylation sites is 1. The first-order valence-corrected chi connectivity index (χ1v) is 8.24. The Morgan fingerprint density at radius 1 is 1.04 bits per heavy atom. The number of aryl methyl sites for hydroxylation is 1. The molecule has 0 saturated heterocycles. The first kappa shape index (κ1) is 15.5. The molecule has 1 heterocycles. The third kappa shape index (κ3) is 3.89. The Bertz CT molecular complexity index is 781. The molecule has 0 saturated carbocycles. The molecule has 0 fully saturated rings. The second-order valence-corrected chi connectivity index (χ2v) is 6.11. The first-order chi connectivity index (χ1) is 11.3. The molecule has 23 heavy (non-hydrogen) atoms. The van der Waals surface area contributed by atoms with Gasteiger partial charge < -0.3 is 4.74 Å². The fraction of sp³-hybridized carbons (Fsp3) is 0.286. The number of methoxy groups -OCH3 is 1. The summed E-state index contributed by atoms with van der Waals surface area (Å²) in [6.07, 6.45) is 5.42. The molecule has 3 aromatic rings. The van der Waals surface area contributed by atoms with Crippen molar-refractivity contribution in [1.82, 2.24) is 4.98 Å². The number of pyridine rings is 1. The summed E-state index contributed by atoms with van der Waals surface area (Å²) in [6.45, 7) is 2.29. The van der Waals surface area contributed by atoms with Crippen LogP contribution in [0.5, 0.6) is 5.75 Å². The minimum absolute atomic E-state index is 0.540. The molecule has 1 unspecified atom stereocenters. The highest BCUT2D eigenvalue weighted by atomic mass is 16.5. The van der Waals surface area contributed by atoms with E-state index >= 15 is 0 Å². The van der Waals surface area contributed by atoms with Gasteiger partial charge >= 0.3 is 0 Å². The average Bonchev–Trinajstić information content (AvgIpc) is 2.61. The van der Waals surface area contributed by atoms with Crippen molar-refractivity contribution in [3.63, 3.8) is 0 Å². The van der Waals surface area contributed by atoms with Crippen molar-refractivity contribution < 1.29 is 4.74 Å². The Labute approximate surface area is 138 Å². The number of nitrogens with zero attached hydrogens (tertiary/aromatic N) is 1. The second-order valence-electron chi connectivity index (χ2n) is 6.11. The summed E-state index contributed by atoms with van der Waals surface area (Å²) in [5.41, 5.74) is 3.74. The SMILES string of the molecule is COc1cccc(C(C)CCCc2cnc3ccccc3c2)c1. The predicted molar refractivity (Wildman–Crippen MR) is 96.1 cm³/mol. The molecule has 0 spiro atoms. The van der Waals surface area contributed by atoms with Crippen LogP contribution in [-0.2, 0) is 6.42 Å². The maximum absolute atomic E-state index is 5.31. The van der Waals surface area contributed by atoms with E-state index in [1.54, 1.807) is 7.11 Å². The van der Waals surface area contributed by atoms with E-state index in [-0.39, 0.29) is 0 Å². The molecule has 2 nitrogen and oxygen atoms in total. The number of aromatic nitrogens is 1. The van der Waals surface area contributed by atoms with E-state index in [1.165, 1.54) is 29.4 Å². The minimum Gasteiger partial charge on any atom is -0.497 e. The molecule has 1 atom stereocenters. The van der Waals surface area contributed by atoms with Gasteiger partial charge in [0.25, 0.3) is 0 Å². The third-order valence-corrected chi connectivity index (χ3v) is 4.41. The summed E-state index contributed by atoms with van der Waals surface area (Å²) >= 11 is 0. The van der Waals surface area contributed by atoms with Crippen LogP contribution in [0, 0.1) is 0 Å². The van der Waals surface area contributed by atoms with Crippen LogP contribution in [0.25, 0.3) is 10.9 Å². The molecule has 118 valence electrons. The molecule has 0 amide bonds. The van der Waals surface area contributed by atoms with Gasteiger partial charge in [0.1, 0.15) is 5.75 Å². The Balaban J connectivity index is 1.59. The van der Waals surface area contributed by atoms with Crippen LogP contribution >= 0.6 is 0 Å². The lowest BCUT2D eigenvalue weighted by Gasteiger charge is -2.13. The summed E-state index contributed by atoms with van der Waals surface area (Å²) in [5, 5.41) is 1.23. The van der Waals surface area contributed by atoms with Gasteiger partial charge in [0, 0.05) is 11.6 Å². The fourth-order valence-electron chi connectivity index (χ4n) is 2.98. The highest BCUT2D eigenvalue weighted by Crippen LogP contribution is 2.25. The Hall–Kier alpha value is -2.35. The van der Waals surface area contributed by atoms with E-state index in [0.717, 1.165) is 17.7 Å². The molecule has 0 aliphatic rings. The molecule has 0 bridgehead atoms. The van der Waals surface area contributed by atoms with Gasteiger partial charge in [-0.15, -0.1) is 0 Å². The minimum atomic E-state index is 0.540. The monoisotopic (exact) mass is 305 g/mol. The lowest BCUT2D eigenvalue weighted by Crippen LogP contribution is -1.96. The van der Waals surface area contributed by atoms with Crippen molar-refractivity contribution in [2.75, 3.05) is 7.11 Å². The number of ether oxygens (including phenoxy) is 1. The zero-order valence-electron chi connectivity index (χ0n) is 13.8. The van der Waals surface area contributed by atoms with E-state index in [4.69, 9.17) is 4.74 Å². The van der Waals surface area contributed by atoms with Crippen LogP contribution in [-0.4, -0.2) is 12.1 Å². The molecule has 0 radical (unpaired) electrons. The van der Waals surface area contributed by atoms with E-state index in [0.29, 0.717) is 5.92 Å². The van der Waals surface area contributed by atoms with Crippen molar-refractivity contribution in [1.29, 1.82) is 0 Å². The number of hydrogen-bond acceptors (Lipinski definition) is 2. The lowest BCUT2D eigenvalue weighted by molar-refractivity contribution is 0.413. The van der Waals surface area contributed by atoms with E-state index in [2.05, 4.69) is 54.4 Å². The van der Waals surface area contributed by atoms with Gasteiger partial charge in [-0.1, -0.05) is 37.3 Å². The third-order valence-electron chi connectivity index (χ3n) is 4.41. The van der Waals surface area contributed by atoms with Crippen LogP contribution < -0.4 is 4.74 Å². The van der Waals surface area contributed by atoms with Crippen molar-refractivity contribution in [2.45, 2.75) is 32.1 Å². The largest absolute Gasteiger partial charge is 0.497 e. The smallest absolute Gasteiger partial charge is 0.119 e. The number of fused-ring (bicyclic) bond motifs is 1. The van der Waals surface area contributed by atoms with Crippen molar-refractivity contribution in [2.24, 2.45) is 0 Å². The van der Waals surface area contributed by atoms with Crippen LogP contribution in [0.2, 0.25) is 0 Å². The van der Waals surface area contributed by atoms with E-state index in [9.17, 15) is 0 Å². The van der Waals surface area contributed by atoms with Crippen molar-refractivity contribution in [3.05, 3.63) is 71.9 Å². The van der Waals surface area contributed by atoms with E-state index in [1.807, 2.05) is 18.3 Å². The molecule has 2 aromatic carbocycles. The molecule has 0 N–H and O–H groups in total. The van der Waals surface area contributed by atoms with Gasteiger partial charge in [-0.3, -0.25) is 4.98 Å². The van der Waals surface area contributed by atoms with Gasteiger partial charge in [0.05, 0.1) is 12.6 Å². The summed E-state index contributed by atoms with van der Waals surface area (Å²) < 4.78 is 5.31. The second kappa shape index (κ2) is 7.28. The van der Waals surface area contributed by atoms with Gasteiger partial charge in [-0.05, 0) is 60.6 Å². The molecule has 1 aromatic heterocycles. The van der Waals surface area contributed by atoms with Gasteiger partial charge in [-0.25, -0.2) is 0 Å². The first-order valence-electron chi connectivity index (χ1n) is 8.24. The summed E-state index contributed by atoms with van der Waals surface area (Å²) in [7, 11) is 1.72. The fourth-order valence-corrected chi connectivity index (χ4v) is 2.98. The standard InChI is InChI=1S/C21H23NO/c1-16(18-10-6-11-20(14-18)23-2)7-5-8-17-13-19-9-3-4-12-21(19)22-15-17/h3-4,6,9-16H,5,7-8H2,1-2H3. The number of rotatable bonds is 6. The van der Waals surface area contributed by atoms with Gasteiger partial charge in [-0.2, -0.15) is 0 Å². The molecule has 3 rings (SSSR count). The maximum atomic E-state index is 5.31. The molecular weight excluding hydrogens is 282 g/mol. The summed E-state index contributed by atoms with van der Waals surface area (Å²) in [5.74, 6) is 1.48. The highest BCUT2D eigenvalue weighted by Gasteiger charge is 2.07. The Morgan fingerprint density at radius 2 is 1.91 bits per heavy atom. The maximum Gasteiger partial charge on any atom is 0.119 e. The summed E-state index contributed by atoms with van der Waals surface area (Å²) in [6, 6.07) is 18.9. The molecule has 2 heteroatoms. The molecular formula is C21H23NO.